The van der Waals surface area contributed by atoms with Gasteiger partial charge in [-0.05, 0) is 25.0 Å². The lowest BCUT2D eigenvalue weighted by Gasteiger charge is -2.07. The summed E-state index contributed by atoms with van der Waals surface area (Å²) >= 11 is 0. The molecule has 0 saturated carbocycles. The number of carbonyl (C=O) groups is 2. The Morgan fingerprint density at radius 2 is 1.46 bits per heavy atom. The molecule has 3 aromatic heterocycles. The molecule has 0 saturated heterocycles. The van der Waals surface area contributed by atoms with Gasteiger partial charge in [-0.3, -0.25) is 14.6 Å². The van der Waals surface area contributed by atoms with Crippen molar-refractivity contribution < 1.29 is 9.59 Å². The predicted octanol–water partition coefficient (Wildman–Crippen LogP) is 1.11. The van der Waals surface area contributed by atoms with Crippen molar-refractivity contribution in [3.8, 4) is 0 Å². The summed E-state index contributed by atoms with van der Waals surface area (Å²) in [5.41, 5.74) is 0.721. The number of amides is 2. The van der Waals surface area contributed by atoms with E-state index in [1.165, 1.54) is 6.20 Å². The van der Waals surface area contributed by atoms with Crippen molar-refractivity contribution >= 4 is 11.8 Å². The van der Waals surface area contributed by atoms with Crippen LogP contribution in [0.15, 0.2) is 55.8 Å². The van der Waals surface area contributed by atoms with Gasteiger partial charge in [-0.1, -0.05) is 0 Å². The van der Waals surface area contributed by atoms with Crippen molar-refractivity contribution in [1.29, 1.82) is 0 Å². The highest BCUT2D eigenvalue weighted by molar-refractivity contribution is 5.96. The van der Waals surface area contributed by atoms with Crippen LogP contribution in [0.5, 0.6) is 0 Å². The molecule has 0 aromatic carbocycles. The van der Waals surface area contributed by atoms with Crippen molar-refractivity contribution in [2.45, 2.75) is 25.9 Å². The van der Waals surface area contributed by atoms with E-state index >= 15 is 0 Å². The molecule has 9 heteroatoms. The van der Waals surface area contributed by atoms with Crippen LogP contribution >= 0.6 is 0 Å². The van der Waals surface area contributed by atoms with E-state index in [0.717, 1.165) is 25.9 Å². The highest BCUT2D eigenvalue weighted by atomic mass is 16.2. The molecule has 146 valence electrons. The number of rotatable bonds is 10. The molecule has 0 spiro atoms. The Morgan fingerprint density at radius 1 is 0.857 bits per heavy atom. The monoisotopic (exact) mass is 381 g/mol. The average Bonchev–Trinajstić information content (AvgIpc) is 3.42. The van der Waals surface area contributed by atoms with Crippen LogP contribution in [0.25, 0.3) is 0 Å². The Labute approximate surface area is 162 Å². The minimum Gasteiger partial charge on any atom is -0.352 e. The first kappa shape index (κ1) is 19.3. The van der Waals surface area contributed by atoms with Gasteiger partial charge in [0.1, 0.15) is 5.69 Å². The molecule has 3 heterocycles. The number of carbonyl (C=O) groups excluding carboxylic acids is 2. The normalized spacial score (nSPS) is 10.6. The third kappa shape index (κ3) is 5.76. The smallest absolute Gasteiger partial charge is 0.269 e. The van der Waals surface area contributed by atoms with E-state index in [1.54, 1.807) is 37.2 Å². The SMILES string of the molecule is O=C(NCCCn1ccnc1)c1ccc(C(=O)NCCCn2ccnc2)nc1. The number of aromatic nitrogens is 5. The fourth-order valence-electron chi connectivity index (χ4n) is 2.62. The Morgan fingerprint density at radius 3 is 1.96 bits per heavy atom. The summed E-state index contributed by atoms with van der Waals surface area (Å²) < 4.78 is 3.91. The number of nitrogens with zero attached hydrogens (tertiary/aromatic N) is 5. The van der Waals surface area contributed by atoms with Gasteiger partial charge in [0.2, 0.25) is 0 Å². The van der Waals surface area contributed by atoms with Gasteiger partial charge in [0.05, 0.1) is 18.2 Å². The van der Waals surface area contributed by atoms with E-state index in [0.29, 0.717) is 24.3 Å². The zero-order valence-corrected chi connectivity index (χ0v) is 15.5. The second-order valence-electron chi connectivity index (χ2n) is 6.25. The third-order valence-electron chi connectivity index (χ3n) is 4.13. The first-order chi connectivity index (χ1) is 13.7. The molecule has 3 rings (SSSR count). The average molecular weight is 381 g/mol. The van der Waals surface area contributed by atoms with Crippen LogP contribution in [0.3, 0.4) is 0 Å². The minimum atomic E-state index is -0.252. The fourth-order valence-corrected chi connectivity index (χ4v) is 2.62. The lowest BCUT2D eigenvalue weighted by atomic mass is 10.2. The van der Waals surface area contributed by atoms with Gasteiger partial charge in [-0.2, -0.15) is 0 Å². The van der Waals surface area contributed by atoms with Crippen LogP contribution in [-0.2, 0) is 13.1 Å². The molecule has 0 unspecified atom stereocenters. The summed E-state index contributed by atoms with van der Waals surface area (Å²) in [4.78, 5) is 36.3. The summed E-state index contributed by atoms with van der Waals surface area (Å²) in [5.74, 6) is -0.455. The maximum Gasteiger partial charge on any atom is 0.269 e. The Hall–Kier alpha value is -3.49. The second-order valence-corrected chi connectivity index (χ2v) is 6.25. The van der Waals surface area contributed by atoms with Crippen molar-refractivity contribution in [2.75, 3.05) is 13.1 Å². The molecule has 3 aromatic rings. The van der Waals surface area contributed by atoms with Crippen LogP contribution in [0.1, 0.15) is 33.7 Å². The maximum absolute atomic E-state index is 12.1. The zero-order chi connectivity index (χ0) is 19.6. The Bertz CT molecular complexity index is 785. The molecule has 2 amide bonds. The summed E-state index contributed by atoms with van der Waals surface area (Å²) in [6, 6.07) is 3.17. The number of hydrogen-bond acceptors (Lipinski definition) is 5. The Balaban J connectivity index is 1.36. The van der Waals surface area contributed by atoms with E-state index in [4.69, 9.17) is 0 Å². The van der Waals surface area contributed by atoms with Gasteiger partial charge >= 0.3 is 0 Å². The highest BCUT2D eigenvalue weighted by Crippen LogP contribution is 2.01. The molecule has 9 nitrogen and oxygen atoms in total. The van der Waals surface area contributed by atoms with Gasteiger partial charge in [0, 0.05) is 57.2 Å². The molecule has 0 aliphatic rings. The van der Waals surface area contributed by atoms with E-state index in [1.807, 2.05) is 21.5 Å². The molecule has 0 aliphatic heterocycles. The van der Waals surface area contributed by atoms with Crippen LogP contribution in [-0.4, -0.2) is 49.0 Å². The molecule has 2 N–H and O–H groups in total. The van der Waals surface area contributed by atoms with E-state index in [9.17, 15) is 9.59 Å². The zero-order valence-electron chi connectivity index (χ0n) is 15.5. The number of imidazole rings is 2. The molecule has 0 fully saturated rings. The van der Waals surface area contributed by atoms with Gasteiger partial charge in [0.25, 0.3) is 11.8 Å². The van der Waals surface area contributed by atoms with Crippen molar-refractivity contribution in [3.05, 3.63) is 67.0 Å². The van der Waals surface area contributed by atoms with Gasteiger partial charge in [0.15, 0.2) is 0 Å². The first-order valence-electron chi connectivity index (χ1n) is 9.16. The van der Waals surface area contributed by atoms with E-state index in [2.05, 4.69) is 25.6 Å². The van der Waals surface area contributed by atoms with E-state index in [-0.39, 0.29) is 11.8 Å². The van der Waals surface area contributed by atoms with Crippen LogP contribution in [0.4, 0.5) is 0 Å². The second kappa shape index (κ2) is 10.0. The number of pyridine rings is 1. The van der Waals surface area contributed by atoms with Crippen LogP contribution < -0.4 is 10.6 Å². The van der Waals surface area contributed by atoms with Gasteiger partial charge in [-0.25, -0.2) is 9.97 Å². The summed E-state index contributed by atoms with van der Waals surface area (Å²) in [7, 11) is 0. The van der Waals surface area contributed by atoms with E-state index < -0.39 is 0 Å². The number of hydrogen-bond donors (Lipinski definition) is 2. The minimum absolute atomic E-state index is 0.203. The van der Waals surface area contributed by atoms with Crippen molar-refractivity contribution in [2.24, 2.45) is 0 Å². The van der Waals surface area contributed by atoms with Crippen molar-refractivity contribution in [3.63, 3.8) is 0 Å². The largest absolute Gasteiger partial charge is 0.352 e. The Kier molecular flexibility index (Phi) is 6.89. The molecule has 0 aliphatic carbocycles. The topological polar surface area (TPSA) is 107 Å². The standard InChI is InChI=1S/C19H23N7O2/c27-18(22-5-1-9-25-11-7-20-14-25)16-3-4-17(24-13-16)19(28)23-6-2-10-26-12-8-21-15-26/h3-4,7-8,11-15H,1-2,5-6,9-10H2,(H,22,27)(H,23,28). The quantitative estimate of drug-likeness (QED) is 0.512. The lowest BCUT2D eigenvalue weighted by molar-refractivity contribution is 0.0936. The predicted molar refractivity (Wildman–Crippen MR) is 103 cm³/mol. The summed E-state index contributed by atoms with van der Waals surface area (Å²) in [5, 5.41) is 5.67. The lowest BCUT2D eigenvalue weighted by Crippen LogP contribution is -2.27. The molecule has 0 atom stereocenters. The molecular weight excluding hydrogens is 358 g/mol. The van der Waals surface area contributed by atoms with Gasteiger partial charge < -0.3 is 19.8 Å². The summed E-state index contributed by atoms with van der Waals surface area (Å²) in [6.45, 7) is 2.67. The van der Waals surface area contributed by atoms with Crippen molar-refractivity contribution in [1.82, 2.24) is 34.7 Å². The van der Waals surface area contributed by atoms with Crippen LogP contribution in [0.2, 0.25) is 0 Å². The molecule has 0 bridgehead atoms. The first-order valence-corrected chi connectivity index (χ1v) is 9.16. The fraction of sp³-hybridized carbons (Fsp3) is 0.316. The molecule has 0 radical (unpaired) electrons. The third-order valence-corrected chi connectivity index (χ3v) is 4.13. The molecule has 28 heavy (non-hydrogen) atoms. The van der Waals surface area contributed by atoms with Crippen LogP contribution in [0, 0.1) is 0 Å². The summed E-state index contributed by atoms with van der Waals surface area (Å²) in [6.07, 6.45) is 13.7. The van der Waals surface area contributed by atoms with Gasteiger partial charge in [-0.15, -0.1) is 0 Å². The maximum atomic E-state index is 12.1. The molecular formula is C19H23N7O2. The number of aryl methyl sites for hydroxylation is 2. The number of nitrogens with one attached hydrogen (secondary N) is 2. The highest BCUT2D eigenvalue weighted by Gasteiger charge is 2.10.